The topological polar surface area (TPSA) is 9.23 Å². The molecule has 0 amide bonds. The van der Waals surface area contributed by atoms with Crippen molar-refractivity contribution in [3.8, 4) is 5.06 Å². The summed E-state index contributed by atoms with van der Waals surface area (Å²) in [6, 6.07) is 0. The predicted octanol–water partition coefficient (Wildman–Crippen LogP) is 3.32. The lowest BCUT2D eigenvalue weighted by atomic mass is 10.4. The Kier molecular flexibility index (Phi) is 2.82. The molecule has 0 bridgehead atoms. The zero-order valence-electron chi connectivity index (χ0n) is 5.57. The average Bonchev–Trinajstić information content (AvgIpc) is 2.17. The molecule has 0 aliphatic rings. The summed E-state index contributed by atoms with van der Waals surface area (Å²) in [5, 5.41) is 0.906. The molecule has 0 aliphatic heterocycles. The highest BCUT2D eigenvalue weighted by Crippen LogP contribution is 2.38. The number of hydrogen-bond donors (Lipinski definition) is 0. The molecule has 1 heterocycles. The monoisotopic (exact) mass is 288 g/mol. The van der Waals surface area contributed by atoms with Gasteiger partial charge in [-0.25, -0.2) is 0 Å². The van der Waals surface area contributed by atoms with E-state index in [9.17, 15) is 0 Å². The maximum atomic E-state index is 5.85. The number of ether oxygens (including phenoxy) is 1. The molecule has 0 saturated carbocycles. The van der Waals surface area contributed by atoms with E-state index in [-0.39, 0.29) is 0 Å². The lowest BCUT2D eigenvalue weighted by Gasteiger charge is -1.92. The van der Waals surface area contributed by atoms with Gasteiger partial charge in [0.2, 0.25) is 0 Å². The molecular weight excluding hydrogens is 282 g/mol. The number of methoxy groups -OCH3 is 1. The molecule has 0 fully saturated rings. The van der Waals surface area contributed by atoms with Gasteiger partial charge in [0.25, 0.3) is 0 Å². The summed E-state index contributed by atoms with van der Waals surface area (Å²) in [6.07, 6.45) is 0. The van der Waals surface area contributed by atoms with Crippen molar-refractivity contribution in [3.05, 3.63) is 13.5 Å². The molecule has 0 radical (unpaired) electrons. The van der Waals surface area contributed by atoms with Crippen molar-refractivity contribution < 1.29 is 4.74 Å². The van der Waals surface area contributed by atoms with Gasteiger partial charge in [-0.05, 0) is 35.1 Å². The molecule has 0 unspecified atom stereocenters. The van der Waals surface area contributed by atoms with Gasteiger partial charge >= 0.3 is 0 Å². The molecule has 56 valence electrons. The van der Waals surface area contributed by atoms with Crippen molar-refractivity contribution in [2.75, 3.05) is 7.11 Å². The lowest BCUT2D eigenvalue weighted by Crippen LogP contribution is -1.80. The Morgan fingerprint density at radius 1 is 1.60 bits per heavy atom. The molecule has 10 heavy (non-hydrogen) atoms. The third kappa shape index (κ3) is 1.40. The minimum atomic E-state index is 0.821. The Morgan fingerprint density at radius 2 is 2.20 bits per heavy atom. The minimum Gasteiger partial charge on any atom is -0.486 e. The fourth-order valence-electron chi connectivity index (χ4n) is 0.573. The van der Waals surface area contributed by atoms with Crippen LogP contribution in [0.5, 0.6) is 5.06 Å². The summed E-state index contributed by atoms with van der Waals surface area (Å²) >= 11 is 9.55. The molecular formula is C6H6ClIOS. The summed E-state index contributed by atoms with van der Waals surface area (Å²) in [5.41, 5.74) is 1.11. The molecule has 1 aromatic rings. The van der Waals surface area contributed by atoms with Gasteiger partial charge in [0.05, 0.1) is 10.7 Å². The molecule has 1 rings (SSSR count). The van der Waals surface area contributed by atoms with E-state index in [1.165, 1.54) is 11.3 Å². The summed E-state index contributed by atoms with van der Waals surface area (Å²) in [4.78, 5) is 0. The van der Waals surface area contributed by atoms with E-state index >= 15 is 0 Å². The van der Waals surface area contributed by atoms with Crippen molar-refractivity contribution in [3.63, 3.8) is 0 Å². The second-order valence-electron chi connectivity index (χ2n) is 1.81. The minimum absolute atomic E-state index is 0.821. The zero-order valence-corrected chi connectivity index (χ0v) is 9.30. The zero-order chi connectivity index (χ0) is 7.72. The number of thiophene rings is 1. The Bertz CT molecular complexity index is 246. The Morgan fingerprint density at radius 3 is 2.40 bits per heavy atom. The Labute approximate surface area is 82.5 Å². The first-order chi connectivity index (χ1) is 4.66. The van der Waals surface area contributed by atoms with Crippen LogP contribution in [0, 0.1) is 10.5 Å². The molecule has 1 nitrogen and oxygen atoms in total. The fourth-order valence-corrected chi connectivity index (χ4v) is 2.78. The van der Waals surface area contributed by atoms with Gasteiger partial charge in [-0.2, -0.15) is 0 Å². The van der Waals surface area contributed by atoms with Crippen LogP contribution in [0.25, 0.3) is 0 Å². The van der Waals surface area contributed by atoms with E-state index in [2.05, 4.69) is 22.6 Å². The van der Waals surface area contributed by atoms with Crippen LogP contribution in [-0.2, 0) is 0 Å². The van der Waals surface area contributed by atoms with Crippen LogP contribution >= 0.6 is 45.5 Å². The highest BCUT2D eigenvalue weighted by atomic mass is 127. The van der Waals surface area contributed by atoms with Crippen LogP contribution in [0.3, 0.4) is 0 Å². The van der Waals surface area contributed by atoms with Gasteiger partial charge in [0.1, 0.15) is 4.34 Å². The standard InChI is InChI=1S/C6H6ClIOS/c1-3-4(8)6(9-2)10-5(3)7/h1-2H3. The Balaban J connectivity index is 3.17. The van der Waals surface area contributed by atoms with Crippen molar-refractivity contribution in [1.82, 2.24) is 0 Å². The van der Waals surface area contributed by atoms with Crippen molar-refractivity contribution >= 4 is 45.5 Å². The van der Waals surface area contributed by atoms with Gasteiger partial charge in [-0.15, -0.1) is 0 Å². The average molecular weight is 289 g/mol. The van der Waals surface area contributed by atoms with Gasteiger partial charge in [0.15, 0.2) is 5.06 Å². The third-order valence-corrected chi connectivity index (χ3v) is 4.39. The molecule has 0 aliphatic carbocycles. The molecule has 0 aromatic carbocycles. The molecule has 4 heteroatoms. The molecule has 0 atom stereocenters. The van der Waals surface area contributed by atoms with Gasteiger partial charge in [-0.1, -0.05) is 22.9 Å². The summed E-state index contributed by atoms with van der Waals surface area (Å²) in [6.45, 7) is 1.99. The van der Waals surface area contributed by atoms with Crippen molar-refractivity contribution in [2.45, 2.75) is 6.92 Å². The molecule has 1 aromatic heterocycles. The van der Waals surface area contributed by atoms with Crippen LogP contribution in [0.15, 0.2) is 0 Å². The highest BCUT2D eigenvalue weighted by Gasteiger charge is 2.10. The third-order valence-electron chi connectivity index (χ3n) is 1.17. The van der Waals surface area contributed by atoms with E-state index < -0.39 is 0 Å². The van der Waals surface area contributed by atoms with Gasteiger partial charge in [-0.3, -0.25) is 0 Å². The van der Waals surface area contributed by atoms with E-state index in [4.69, 9.17) is 16.3 Å². The van der Waals surface area contributed by atoms with Crippen LogP contribution in [0.2, 0.25) is 4.34 Å². The Hall–Kier alpha value is 0.520. The van der Waals surface area contributed by atoms with Gasteiger partial charge < -0.3 is 4.74 Å². The largest absolute Gasteiger partial charge is 0.486 e. The summed E-state index contributed by atoms with van der Waals surface area (Å²) in [5.74, 6) is 0. The predicted molar refractivity (Wildman–Crippen MR) is 53.3 cm³/mol. The van der Waals surface area contributed by atoms with Crippen LogP contribution < -0.4 is 4.74 Å². The lowest BCUT2D eigenvalue weighted by molar-refractivity contribution is 0.424. The van der Waals surface area contributed by atoms with Crippen LogP contribution in [0.1, 0.15) is 5.56 Å². The van der Waals surface area contributed by atoms with Crippen molar-refractivity contribution in [2.24, 2.45) is 0 Å². The van der Waals surface area contributed by atoms with Crippen LogP contribution in [-0.4, -0.2) is 7.11 Å². The van der Waals surface area contributed by atoms with E-state index in [0.29, 0.717) is 0 Å². The van der Waals surface area contributed by atoms with Crippen molar-refractivity contribution in [1.29, 1.82) is 0 Å². The second-order valence-corrected chi connectivity index (χ2v) is 4.47. The summed E-state index contributed by atoms with van der Waals surface area (Å²) < 4.78 is 7.01. The smallest absolute Gasteiger partial charge is 0.188 e. The number of hydrogen-bond acceptors (Lipinski definition) is 2. The first-order valence-electron chi connectivity index (χ1n) is 2.65. The van der Waals surface area contributed by atoms with Gasteiger partial charge in [0, 0.05) is 0 Å². The van der Waals surface area contributed by atoms with Crippen LogP contribution in [0.4, 0.5) is 0 Å². The molecule has 0 spiro atoms. The molecule has 0 saturated heterocycles. The van der Waals surface area contributed by atoms with E-state index in [1.807, 2.05) is 6.92 Å². The SMILES string of the molecule is COc1sc(Cl)c(C)c1I. The first-order valence-corrected chi connectivity index (χ1v) is 4.92. The normalized spacial score (nSPS) is 10.0. The second kappa shape index (κ2) is 3.28. The maximum absolute atomic E-state index is 5.85. The fraction of sp³-hybridized carbons (Fsp3) is 0.333. The van der Waals surface area contributed by atoms with E-state index in [1.54, 1.807) is 7.11 Å². The maximum Gasteiger partial charge on any atom is 0.188 e. The highest BCUT2D eigenvalue weighted by molar-refractivity contribution is 14.1. The first kappa shape index (κ1) is 8.62. The number of rotatable bonds is 1. The summed E-state index contributed by atoms with van der Waals surface area (Å²) in [7, 11) is 1.66. The van der Waals surface area contributed by atoms with E-state index in [0.717, 1.165) is 18.5 Å². The molecule has 0 N–H and O–H groups in total. The number of halogens is 2. The quantitative estimate of drug-likeness (QED) is 0.720.